The first-order valence-electron chi connectivity index (χ1n) is 13.5. The molecule has 0 aromatic heterocycles. The molecule has 3 aromatic carbocycles. The van der Waals surface area contributed by atoms with Crippen molar-refractivity contribution in [2.24, 2.45) is 0 Å². The third-order valence-electron chi connectivity index (χ3n) is 7.05. The third kappa shape index (κ3) is 8.09. The molecule has 1 aliphatic rings. The van der Waals surface area contributed by atoms with Gasteiger partial charge in [0.15, 0.2) is 6.61 Å². The Hall–Kier alpha value is -3.31. The van der Waals surface area contributed by atoms with Gasteiger partial charge in [-0.15, -0.1) is 0 Å². The maximum absolute atomic E-state index is 13.8. The average molecular weight is 533 g/mol. The van der Waals surface area contributed by atoms with Crippen molar-refractivity contribution in [3.8, 4) is 5.75 Å². The molecule has 200 valence electrons. The monoisotopic (exact) mass is 532 g/mol. The van der Waals surface area contributed by atoms with Crippen molar-refractivity contribution in [3.05, 3.63) is 100 Å². The molecule has 2 amide bonds. The van der Waals surface area contributed by atoms with Crippen LogP contribution < -0.4 is 10.1 Å². The predicted octanol–water partition coefficient (Wildman–Crippen LogP) is 6.42. The highest BCUT2D eigenvalue weighted by Crippen LogP contribution is 2.21. The first-order valence-corrected chi connectivity index (χ1v) is 13.8. The van der Waals surface area contributed by atoms with E-state index in [4.69, 9.17) is 16.3 Å². The highest BCUT2D eigenvalue weighted by Gasteiger charge is 2.32. The summed E-state index contributed by atoms with van der Waals surface area (Å²) in [7, 11) is 0. The van der Waals surface area contributed by atoms with Crippen molar-refractivity contribution in [1.29, 1.82) is 0 Å². The van der Waals surface area contributed by atoms with Crippen LogP contribution in [-0.2, 0) is 22.6 Å². The first kappa shape index (κ1) is 27.7. The SMILES string of the molecule is Cc1cc(C)cc(OCC(=O)N(Cc2ccc(Cl)cc2)C(Cc2ccccc2)C(=O)NC2CCCCC2)c1. The Morgan fingerprint density at radius 2 is 1.58 bits per heavy atom. The molecule has 1 N–H and O–H groups in total. The molecule has 0 aliphatic heterocycles. The van der Waals surface area contributed by atoms with Gasteiger partial charge in [-0.05, 0) is 73.2 Å². The summed E-state index contributed by atoms with van der Waals surface area (Å²) < 4.78 is 5.95. The van der Waals surface area contributed by atoms with E-state index >= 15 is 0 Å². The van der Waals surface area contributed by atoms with Gasteiger partial charge in [0.2, 0.25) is 5.91 Å². The van der Waals surface area contributed by atoms with Crippen LogP contribution in [0.1, 0.15) is 54.4 Å². The number of aryl methyl sites for hydroxylation is 2. The van der Waals surface area contributed by atoms with Gasteiger partial charge in [-0.1, -0.05) is 79.4 Å². The van der Waals surface area contributed by atoms with E-state index in [-0.39, 0.29) is 31.0 Å². The van der Waals surface area contributed by atoms with Crippen LogP contribution in [-0.4, -0.2) is 35.4 Å². The van der Waals surface area contributed by atoms with Gasteiger partial charge in [0, 0.05) is 24.0 Å². The Morgan fingerprint density at radius 3 is 2.24 bits per heavy atom. The molecule has 6 heteroatoms. The number of nitrogens with one attached hydrogen (secondary N) is 1. The van der Waals surface area contributed by atoms with Gasteiger partial charge < -0.3 is 15.0 Å². The van der Waals surface area contributed by atoms with Crippen molar-refractivity contribution in [3.63, 3.8) is 0 Å². The van der Waals surface area contributed by atoms with E-state index in [1.807, 2.05) is 68.4 Å². The van der Waals surface area contributed by atoms with Gasteiger partial charge in [-0.3, -0.25) is 9.59 Å². The number of halogens is 1. The van der Waals surface area contributed by atoms with Crippen LogP contribution in [0.25, 0.3) is 0 Å². The number of hydrogen-bond donors (Lipinski definition) is 1. The lowest BCUT2D eigenvalue weighted by Crippen LogP contribution is -2.53. The lowest BCUT2D eigenvalue weighted by molar-refractivity contribution is -0.143. The number of ether oxygens (including phenoxy) is 1. The number of hydrogen-bond acceptors (Lipinski definition) is 3. The molecular formula is C32H37ClN2O3. The van der Waals surface area contributed by atoms with Gasteiger partial charge in [-0.2, -0.15) is 0 Å². The summed E-state index contributed by atoms with van der Waals surface area (Å²) >= 11 is 6.12. The van der Waals surface area contributed by atoms with E-state index in [1.54, 1.807) is 17.0 Å². The fourth-order valence-corrected chi connectivity index (χ4v) is 5.25. The van der Waals surface area contributed by atoms with Gasteiger partial charge >= 0.3 is 0 Å². The molecule has 0 spiro atoms. The van der Waals surface area contributed by atoms with Gasteiger partial charge in [0.05, 0.1) is 0 Å². The summed E-state index contributed by atoms with van der Waals surface area (Å²) in [5.74, 6) is 0.293. The normalized spacial score (nSPS) is 14.5. The van der Waals surface area contributed by atoms with Crippen molar-refractivity contribution in [2.45, 2.75) is 71.0 Å². The number of benzene rings is 3. The summed E-state index contributed by atoms with van der Waals surface area (Å²) in [5, 5.41) is 3.89. The molecule has 1 atom stereocenters. The van der Waals surface area contributed by atoms with Gasteiger partial charge in [-0.25, -0.2) is 0 Å². The maximum atomic E-state index is 13.8. The third-order valence-corrected chi connectivity index (χ3v) is 7.30. The maximum Gasteiger partial charge on any atom is 0.261 e. The minimum Gasteiger partial charge on any atom is -0.484 e. The molecule has 3 aromatic rings. The van der Waals surface area contributed by atoms with Crippen LogP contribution in [0.3, 0.4) is 0 Å². The zero-order chi connectivity index (χ0) is 26.9. The second-order valence-electron chi connectivity index (χ2n) is 10.3. The molecule has 1 saturated carbocycles. The smallest absolute Gasteiger partial charge is 0.261 e. The zero-order valence-electron chi connectivity index (χ0n) is 22.3. The van der Waals surface area contributed by atoms with Crippen LogP contribution >= 0.6 is 11.6 Å². The molecular weight excluding hydrogens is 496 g/mol. The van der Waals surface area contributed by atoms with Crippen molar-refractivity contribution in [1.82, 2.24) is 10.2 Å². The number of rotatable bonds is 10. The summed E-state index contributed by atoms with van der Waals surface area (Å²) in [6.07, 6.45) is 5.81. The van der Waals surface area contributed by atoms with Crippen molar-refractivity contribution in [2.75, 3.05) is 6.61 Å². The number of nitrogens with zero attached hydrogens (tertiary/aromatic N) is 1. The molecule has 4 rings (SSSR count). The molecule has 38 heavy (non-hydrogen) atoms. The summed E-state index contributed by atoms with van der Waals surface area (Å²) in [5.41, 5.74) is 4.04. The molecule has 0 radical (unpaired) electrons. The molecule has 1 aliphatic carbocycles. The van der Waals surface area contributed by atoms with E-state index in [0.29, 0.717) is 17.2 Å². The van der Waals surface area contributed by atoms with E-state index < -0.39 is 6.04 Å². The lowest BCUT2D eigenvalue weighted by atomic mass is 9.94. The highest BCUT2D eigenvalue weighted by molar-refractivity contribution is 6.30. The fourth-order valence-electron chi connectivity index (χ4n) is 5.13. The van der Waals surface area contributed by atoms with Crippen LogP contribution in [0.5, 0.6) is 5.75 Å². The summed E-state index contributed by atoms with van der Waals surface area (Å²) in [6.45, 7) is 4.13. The Balaban J connectivity index is 1.61. The van der Waals surface area contributed by atoms with Crippen LogP contribution in [0.15, 0.2) is 72.8 Å². The minimum absolute atomic E-state index is 0.116. The fraction of sp³-hybridized carbons (Fsp3) is 0.375. The summed E-state index contributed by atoms with van der Waals surface area (Å²) in [4.78, 5) is 29.2. The van der Waals surface area contributed by atoms with E-state index in [1.165, 1.54) is 6.42 Å². The first-order chi connectivity index (χ1) is 18.4. The standard InChI is InChI=1S/C32H37ClN2O3/c1-23-17-24(2)19-29(18-23)38-22-31(36)35(21-26-13-15-27(33)16-14-26)30(20-25-9-5-3-6-10-25)32(37)34-28-11-7-4-8-12-28/h3,5-6,9-10,13-19,28,30H,4,7-8,11-12,20-22H2,1-2H3,(H,34,37). The number of carbonyl (C=O) groups excluding carboxylic acids is 2. The van der Waals surface area contributed by atoms with E-state index in [0.717, 1.165) is 47.9 Å². The number of amides is 2. The molecule has 0 saturated heterocycles. The van der Waals surface area contributed by atoms with Crippen LogP contribution in [0.2, 0.25) is 5.02 Å². The largest absolute Gasteiger partial charge is 0.484 e. The quantitative estimate of drug-likeness (QED) is 0.327. The Labute approximate surface area is 231 Å². The Bertz CT molecular complexity index is 1190. The van der Waals surface area contributed by atoms with Crippen molar-refractivity contribution >= 4 is 23.4 Å². The van der Waals surface area contributed by atoms with E-state index in [2.05, 4.69) is 11.4 Å². The number of carbonyl (C=O) groups is 2. The Morgan fingerprint density at radius 1 is 0.921 bits per heavy atom. The van der Waals surface area contributed by atoms with Crippen LogP contribution in [0.4, 0.5) is 0 Å². The minimum atomic E-state index is -0.676. The van der Waals surface area contributed by atoms with Gasteiger partial charge in [0.1, 0.15) is 11.8 Å². The lowest BCUT2D eigenvalue weighted by Gasteiger charge is -2.33. The second kappa shape index (κ2) is 13.5. The highest BCUT2D eigenvalue weighted by atomic mass is 35.5. The predicted molar refractivity (Wildman–Crippen MR) is 152 cm³/mol. The molecule has 1 unspecified atom stereocenters. The second-order valence-corrected chi connectivity index (χ2v) is 10.7. The van der Waals surface area contributed by atoms with Crippen molar-refractivity contribution < 1.29 is 14.3 Å². The van der Waals surface area contributed by atoms with E-state index in [9.17, 15) is 9.59 Å². The zero-order valence-corrected chi connectivity index (χ0v) is 23.0. The topological polar surface area (TPSA) is 58.6 Å². The summed E-state index contributed by atoms with van der Waals surface area (Å²) in [6, 6.07) is 22.6. The molecule has 0 heterocycles. The molecule has 5 nitrogen and oxygen atoms in total. The molecule has 0 bridgehead atoms. The molecule has 1 fully saturated rings. The van der Waals surface area contributed by atoms with Gasteiger partial charge in [0.25, 0.3) is 5.91 Å². The Kier molecular flexibility index (Phi) is 9.83. The average Bonchev–Trinajstić information content (AvgIpc) is 2.91. The van der Waals surface area contributed by atoms with Crippen LogP contribution in [0, 0.1) is 13.8 Å².